The van der Waals surface area contributed by atoms with E-state index in [4.69, 9.17) is 0 Å². The van der Waals surface area contributed by atoms with Crippen LogP contribution in [0.1, 0.15) is 53.5 Å². The lowest BCUT2D eigenvalue weighted by Crippen LogP contribution is -2.34. The fraction of sp³-hybridized carbons (Fsp3) is 0.300. The van der Waals surface area contributed by atoms with Crippen LogP contribution in [0.3, 0.4) is 0 Å². The Morgan fingerprint density at radius 3 is 2.74 bits per heavy atom. The normalized spacial score (nSPS) is 18.0. The molecule has 1 aliphatic heterocycles. The number of aromatic nitrogens is 3. The van der Waals surface area contributed by atoms with Crippen LogP contribution in [-0.4, -0.2) is 43.8 Å². The maximum atomic E-state index is 13.2. The minimum absolute atomic E-state index is 0.0212. The van der Waals surface area contributed by atoms with E-state index in [1.807, 2.05) is 49.4 Å². The zero-order valence-corrected chi connectivity index (χ0v) is 14.9. The molecule has 0 bridgehead atoms. The molecule has 27 heavy (non-hydrogen) atoms. The fourth-order valence-corrected chi connectivity index (χ4v) is 3.81. The smallest absolute Gasteiger partial charge is 0.358 e. The van der Waals surface area contributed by atoms with Crippen LogP contribution in [0, 0.1) is 0 Å². The first kappa shape index (κ1) is 17.2. The number of rotatable bonds is 4. The molecule has 2 aromatic carbocycles. The van der Waals surface area contributed by atoms with Crippen molar-refractivity contribution in [2.24, 2.45) is 0 Å². The predicted molar refractivity (Wildman–Crippen MR) is 99.4 cm³/mol. The summed E-state index contributed by atoms with van der Waals surface area (Å²) in [7, 11) is 0. The number of aromatic carboxylic acids is 1. The van der Waals surface area contributed by atoms with E-state index in [-0.39, 0.29) is 23.6 Å². The largest absolute Gasteiger partial charge is 0.476 e. The molecule has 1 aromatic heterocycles. The monoisotopic (exact) mass is 364 g/mol. The third-order valence-corrected chi connectivity index (χ3v) is 5.27. The third kappa shape index (κ3) is 3.05. The van der Waals surface area contributed by atoms with Gasteiger partial charge in [-0.3, -0.25) is 4.79 Å². The molecular formula is C20H20N4O3. The minimum atomic E-state index is -1.14. The van der Waals surface area contributed by atoms with Crippen molar-refractivity contribution in [3.05, 3.63) is 59.4 Å². The van der Waals surface area contributed by atoms with Gasteiger partial charge < -0.3 is 10.0 Å². The van der Waals surface area contributed by atoms with Gasteiger partial charge in [0.2, 0.25) is 5.91 Å². The maximum absolute atomic E-state index is 13.2. The Morgan fingerprint density at radius 1 is 1.19 bits per heavy atom. The van der Waals surface area contributed by atoms with E-state index < -0.39 is 5.97 Å². The number of H-pyrrole nitrogens is 1. The van der Waals surface area contributed by atoms with E-state index in [9.17, 15) is 14.7 Å². The van der Waals surface area contributed by atoms with Crippen LogP contribution in [0.4, 0.5) is 0 Å². The summed E-state index contributed by atoms with van der Waals surface area (Å²) < 4.78 is 0. The lowest BCUT2D eigenvalue weighted by atomic mass is 9.96. The molecule has 1 aliphatic rings. The molecular weight excluding hydrogens is 344 g/mol. The zero-order valence-electron chi connectivity index (χ0n) is 14.9. The first-order chi connectivity index (χ1) is 13.1. The van der Waals surface area contributed by atoms with Crippen LogP contribution in [0.25, 0.3) is 10.8 Å². The quantitative estimate of drug-likeness (QED) is 0.741. The summed E-state index contributed by atoms with van der Waals surface area (Å²) in [5.41, 5.74) is 1.17. The van der Waals surface area contributed by atoms with Gasteiger partial charge in [0.25, 0.3) is 0 Å². The fourth-order valence-electron chi connectivity index (χ4n) is 3.81. The van der Waals surface area contributed by atoms with E-state index in [2.05, 4.69) is 15.4 Å². The average Bonchev–Trinajstić information content (AvgIpc) is 3.35. The summed E-state index contributed by atoms with van der Waals surface area (Å²) in [6.45, 7) is 2.48. The summed E-state index contributed by atoms with van der Waals surface area (Å²) in [4.78, 5) is 26.3. The highest BCUT2D eigenvalue weighted by Gasteiger charge is 2.37. The molecule has 7 nitrogen and oxygen atoms in total. The number of nitrogens with zero attached hydrogens (tertiary/aromatic N) is 3. The second kappa shape index (κ2) is 6.83. The molecule has 3 aromatic rings. The highest BCUT2D eigenvalue weighted by atomic mass is 16.4. The molecule has 2 unspecified atom stereocenters. The zero-order chi connectivity index (χ0) is 19.0. The van der Waals surface area contributed by atoms with Gasteiger partial charge in [-0.2, -0.15) is 10.3 Å². The number of hydrogen-bond acceptors (Lipinski definition) is 4. The van der Waals surface area contributed by atoms with Crippen molar-refractivity contribution in [1.82, 2.24) is 20.3 Å². The lowest BCUT2D eigenvalue weighted by molar-refractivity contribution is -0.133. The van der Waals surface area contributed by atoms with Crippen LogP contribution in [-0.2, 0) is 4.79 Å². The van der Waals surface area contributed by atoms with Gasteiger partial charge in [0, 0.05) is 6.54 Å². The van der Waals surface area contributed by atoms with Gasteiger partial charge in [-0.05, 0) is 36.1 Å². The van der Waals surface area contributed by atoms with Crippen molar-refractivity contribution in [1.29, 1.82) is 0 Å². The Bertz CT molecular complexity index is 1010. The second-order valence-corrected chi connectivity index (χ2v) is 6.88. The molecule has 2 atom stereocenters. The molecule has 1 fully saturated rings. The summed E-state index contributed by atoms with van der Waals surface area (Å²) in [5, 5.41) is 21.6. The van der Waals surface area contributed by atoms with Crippen molar-refractivity contribution in [2.75, 3.05) is 6.54 Å². The molecule has 1 amide bonds. The number of likely N-dealkylation sites (tertiary alicyclic amines) is 1. The average molecular weight is 364 g/mol. The Kier molecular flexibility index (Phi) is 4.35. The van der Waals surface area contributed by atoms with Gasteiger partial charge >= 0.3 is 5.97 Å². The van der Waals surface area contributed by atoms with Crippen LogP contribution >= 0.6 is 0 Å². The number of carboxylic acid groups (broad SMARTS) is 1. The van der Waals surface area contributed by atoms with Gasteiger partial charge in [0.15, 0.2) is 5.69 Å². The van der Waals surface area contributed by atoms with Gasteiger partial charge in [0.1, 0.15) is 5.69 Å². The Balaban J connectivity index is 1.62. The SMILES string of the molecule is CC(C(=O)N1CCCC1c1n[nH]nc1C(=O)O)c1ccc2ccccc2c1. The first-order valence-corrected chi connectivity index (χ1v) is 8.99. The minimum Gasteiger partial charge on any atom is -0.476 e. The molecule has 138 valence electrons. The molecule has 2 heterocycles. The van der Waals surface area contributed by atoms with Gasteiger partial charge in [-0.15, -0.1) is 5.10 Å². The molecule has 0 radical (unpaired) electrons. The van der Waals surface area contributed by atoms with Crippen molar-refractivity contribution >= 4 is 22.6 Å². The number of carbonyl (C=O) groups is 2. The van der Waals surface area contributed by atoms with E-state index in [1.54, 1.807) is 4.90 Å². The number of carboxylic acids is 1. The van der Waals surface area contributed by atoms with Crippen molar-refractivity contribution < 1.29 is 14.7 Å². The van der Waals surface area contributed by atoms with Crippen LogP contribution in [0.5, 0.6) is 0 Å². The summed E-state index contributed by atoms with van der Waals surface area (Å²) in [6.07, 6.45) is 1.50. The number of hydrogen-bond donors (Lipinski definition) is 2. The molecule has 2 N–H and O–H groups in total. The van der Waals surface area contributed by atoms with Crippen molar-refractivity contribution in [3.63, 3.8) is 0 Å². The molecule has 0 spiro atoms. The number of amides is 1. The van der Waals surface area contributed by atoms with Crippen molar-refractivity contribution in [3.8, 4) is 0 Å². The standard InChI is InChI=1S/C20H20N4O3/c1-12(14-9-8-13-5-2-3-6-15(13)11-14)19(25)24-10-4-7-16(24)17-18(20(26)27)22-23-21-17/h2-3,5-6,8-9,11-12,16H,4,7,10H2,1H3,(H,26,27)(H,21,22,23). The Labute approximate surface area is 156 Å². The number of nitrogens with one attached hydrogen (secondary N) is 1. The number of benzene rings is 2. The third-order valence-electron chi connectivity index (χ3n) is 5.27. The highest BCUT2D eigenvalue weighted by Crippen LogP contribution is 2.35. The topological polar surface area (TPSA) is 99.2 Å². The number of aromatic amines is 1. The lowest BCUT2D eigenvalue weighted by Gasteiger charge is -2.27. The molecule has 7 heteroatoms. The van der Waals surface area contributed by atoms with E-state index >= 15 is 0 Å². The molecule has 0 saturated carbocycles. The van der Waals surface area contributed by atoms with E-state index in [1.165, 1.54) is 0 Å². The van der Waals surface area contributed by atoms with Crippen LogP contribution < -0.4 is 0 Å². The maximum Gasteiger partial charge on any atom is 0.358 e. The summed E-state index contributed by atoms with van der Waals surface area (Å²) >= 11 is 0. The van der Waals surface area contributed by atoms with Gasteiger partial charge in [-0.1, -0.05) is 42.5 Å². The van der Waals surface area contributed by atoms with Gasteiger partial charge in [0.05, 0.1) is 12.0 Å². The van der Waals surface area contributed by atoms with Crippen LogP contribution in [0.15, 0.2) is 42.5 Å². The first-order valence-electron chi connectivity index (χ1n) is 8.99. The molecule has 4 rings (SSSR count). The van der Waals surface area contributed by atoms with Gasteiger partial charge in [-0.25, -0.2) is 4.79 Å². The predicted octanol–water partition coefficient (Wildman–Crippen LogP) is 3.12. The molecule has 0 aliphatic carbocycles. The highest BCUT2D eigenvalue weighted by molar-refractivity contribution is 5.89. The Morgan fingerprint density at radius 2 is 1.96 bits per heavy atom. The Hall–Kier alpha value is -3.22. The molecule has 1 saturated heterocycles. The van der Waals surface area contributed by atoms with Crippen LogP contribution in [0.2, 0.25) is 0 Å². The van der Waals surface area contributed by atoms with E-state index in [0.29, 0.717) is 18.7 Å². The summed E-state index contributed by atoms with van der Waals surface area (Å²) in [5.74, 6) is -1.48. The van der Waals surface area contributed by atoms with Crippen molar-refractivity contribution in [2.45, 2.75) is 31.7 Å². The van der Waals surface area contributed by atoms with E-state index in [0.717, 1.165) is 22.8 Å². The second-order valence-electron chi connectivity index (χ2n) is 6.88. The number of carbonyl (C=O) groups excluding carboxylic acids is 1. The number of fused-ring (bicyclic) bond motifs is 1. The summed E-state index contributed by atoms with van der Waals surface area (Å²) in [6, 6.07) is 13.7.